The van der Waals surface area contributed by atoms with Crippen LogP contribution < -0.4 is 10.1 Å². The Morgan fingerprint density at radius 2 is 2.14 bits per heavy atom. The smallest absolute Gasteiger partial charge is 0.245 e. The predicted molar refractivity (Wildman–Crippen MR) is 74.9 cm³/mol. The number of para-hydroxylation sites is 1. The van der Waals surface area contributed by atoms with Crippen molar-refractivity contribution in [2.24, 2.45) is 0 Å². The fourth-order valence-electron chi connectivity index (χ4n) is 1.79. The van der Waals surface area contributed by atoms with E-state index in [0.29, 0.717) is 30.4 Å². The van der Waals surface area contributed by atoms with Crippen molar-refractivity contribution < 1.29 is 18.8 Å². The van der Waals surface area contributed by atoms with Crippen LogP contribution in [0.2, 0.25) is 0 Å². The van der Waals surface area contributed by atoms with E-state index in [1.807, 2.05) is 24.3 Å². The molecular weight excluding hydrogens is 274 g/mol. The third kappa shape index (κ3) is 4.03. The van der Waals surface area contributed by atoms with E-state index in [4.69, 9.17) is 14.0 Å². The molecule has 1 N–H and O–H groups in total. The first-order valence-electron chi connectivity index (χ1n) is 6.46. The van der Waals surface area contributed by atoms with Gasteiger partial charge in [0.25, 0.3) is 0 Å². The number of nitrogens with one attached hydrogen (secondary N) is 1. The first-order chi connectivity index (χ1) is 10.2. The Hall–Kier alpha value is -2.41. The molecule has 21 heavy (non-hydrogen) atoms. The van der Waals surface area contributed by atoms with Crippen LogP contribution in [0.25, 0.3) is 11.4 Å². The van der Waals surface area contributed by atoms with E-state index in [1.165, 1.54) is 7.11 Å². The summed E-state index contributed by atoms with van der Waals surface area (Å²) in [4.78, 5) is 15.5. The molecular formula is C14H17N3O4. The van der Waals surface area contributed by atoms with Crippen LogP contribution in [-0.2, 0) is 16.0 Å². The van der Waals surface area contributed by atoms with Gasteiger partial charge in [-0.2, -0.15) is 4.98 Å². The Morgan fingerprint density at radius 3 is 2.90 bits per heavy atom. The quantitative estimate of drug-likeness (QED) is 0.820. The number of carbonyl (C=O) groups excluding carboxylic acids is 1. The third-order valence-electron chi connectivity index (χ3n) is 2.75. The monoisotopic (exact) mass is 291 g/mol. The molecule has 1 heterocycles. The summed E-state index contributed by atoms with van der Waals surface area (Å²) in [5.41, 5.74) is 0.762. The third-order valence-corrected chi connectivity index (χ3v) is 2.75. The zero-order valence-electron chi connectivity index (χ0n) is 12.0. The lowest BCUT2D eigenvalue weighted by Gasteiger charge is -2.03. The van der Waals surface area contributed by atoms with Crippen molar-refractivity contribution in [2.45, 2.75) is 6.42 Å². The summed E-state index contributed by atoms with van der Waals surface area (Å²) in [5.74, 6) is 1.42. The minimum Gasteiger partial charge on any atom is -0.496 e. The molecule has 0 saturated heterocycles. The van der Waals surface area contributed by atoms with Crippen molar-refractivity contribution in [1.29, 1.82) is 0 Å². The summed E-state index contributed by atoms with van der Waals surface area (Å²) in [6.07, 6.45) is 0.456. The molecule has 1 aromatic heterocycles. The SMILES string of the molecule is COCC(=O)NCCc1nc(-c2ccccc2OC)no1. The summed E-state index contributed by atoms with van der Waals surface area (Å²) in [7, 11) is 3.06. The molecule has 0 spiro atoms. The molecule has 2 aromatic rings. The van der Waals surface area contributed by atoms with E-state index in [-0.39, 0.29) is 12.5 Å². The van der Waals surface area contributed by atoms with Gasteiger partial charge in [-0.1, -0.05) is 17.3 Å². The number of nitrogens with zero attached hydrogens (tertiary/aromatic N) is 2. The van der Waals surface area contributed by atoms with Crippen molar-refractivity contribution in [2.75, 3.05) is 27.4 Å². The van der Waals surface area contributed by atoms with E-state index in [2.05, 4.69) is 15.5 Å². The van der Waals surface area contributed by atoms with Crippen molar-refractivity contribution in [3.05, 3.63) is 30.2 Å². The highest BCUT2D eigenvalue weighted by Gasteiger charge is 2.12. The molecule has 1 aromatic carbocycles. The molecule has 0 saturated carbocycles. The zero-order valence-corrected chi connectivity index (χ0v) is 12.0. The number of hydrogen-bond donors (Lipinski definition) is 1. The molecule has 0 aliphatic carbocycles. The second-order valence-corrected chi connectivity index (χ2v) is 4.24. The lowest BCUT2D eigenvalue weighted by atomic mass is 10.2. The first kappa shape index (κ1) is 15.0. The van der Waals surface area contributed by atoms with Gasteiger partial charge in [0.1, 0.15) is 12.4 Å². The number of hydrogen-bond acceptors (Lipinski definition) is 6. The van der Waals surface area contributed by atoms with Gasteiger partial charge >= 0.3 is 0 Å². The van der Waals surface area contributed by atoms with Crippen molar-refractivity contribution >= 4 is 5.91 Å². The normalized spacial score (nSPS) is 10.4. The van der Waals surface area contributed by atoms with Crippen molar-refractivity contribution in [1.82, 2.24) is 15.5 Å². The van der Waals surface area contributed by atoms with Gasteiger partial charge in [0.05, 0.1) is 12.7 Å². The maximum atomic E-state index is 11.2. The number of ether oxygens (including phenoxy) is 2. The number of methoxy groups -OCH3 is 2. The molecule has 0 unspecified atom stereocenters. The van der Waals surface area contributed by atoms with Gasteiger partial charge in [-0.3, -0.25) is 4.79 Å². The highest BCUT2D eigenvalue weighted by atomic mass is 16.5. The van der Waals surface area contributed by atoms with E-state index in [0.717, 1.165) is 5.56 Å². The van der Waals surface area contributed by atoms with Crippen LogP contribution >= 0.6 is 0 Å². The average Bonchev–Trinajstić information content (AvgIpc) is 2.96. The van der Waals surface area contributed by atoms with E-state index < -0.39 is 0 Å². The van der Waals surface area contributed by atoms with E-state index in [9.17, 15) is 4.79 Å². The van der Waals surface area contributed by atoms with E-state index in [1.54, 1.807) is 7.11 Å². The largest absolute Gasteiger partial charge is 0.496 e. The van der Waals surface area contributed by atoms with Gasteiger partial charge in [-0.15, -0.1) is 0 Å². The minimum absolute atomic E-state index is 0.0380. The lowest BCUT2D eigenvalue weighted by molar-refractivity contribution is -0.124. The summed E-state index contributed by atoms with van der Waals surface area (Å²) >= 11 is 0. The highest BCUT2D eigenvalue weighted by Crippen LogP contribution is 2.26. The van der Waals surface area contributed by atoms with Crippen LogP contribution in [-0.4, -0.2) is 43.4 Å². The molecule has 7 heteroatoms. The maximum Gasteiger partial charge on any atom is 0.245 e. The fraction of sp³-hybridized carbons (Fsp3) is 0.357. The van der Waals surface area contributed by atoms with Gasteiger partial charge in [0.15, 0.2) is 0 Å². The number of carbonyl (C=O) groups is 1. The summed E-state index contributed by atoms with van der Waals surface area (Å²) in [5, 5.41) is 6.61. The van der Waals surface area contributed by atoms with Crippen molar-refractivity contribution in [3.63, 3.8) is 0 Å². The number of aromatic nitrogens is 2. The Bertz CT molecular complexity index is 597. The van der Waals surface area contributed by atoms with Crippen LogP contribution in [0.1, 0.15) is 5.89 Å². The molecule has 0 aliphatic heterocycles. The number of benzene rings is 1. The van der Waals surface area contributed by atoms with Gasteiger partial charge in [-0.05, 0) is 12.1 Å². The number of rotatable bonds is 7. The minimum atomic E-state index is -0.179. The summed E-state index contributed by atoms with van der Waals surface area (Å²) in [6, 6.07) is 7.43. The lowest BCUT2D eigenvalue weighted by Crippen LogP contribution is -2.29. The van der Waals surface area contributed by atoms with Gasteiger partial charge in [0.2, 0.25) is 17.6 Å². The van der Waals surface area contributed by atoms with Crippen LogP contribution in [0.3, 0.4) is 0 Å². The van der Waals surface area contributed by atoms with Crippen LogP contribution in [0.5, 0.6) is 5.75 Å². The average molecular weight is 291 g/mol. The molecule has 0 bridgehead atoms. The Kier molecular flexibility index (Phi) is 5.28. The Morgan fingerprint density at radius 1 is 1.33 bits per heavy atom. The van der Waals surface area contributed by atoms with Crippen LogP contribution in [0.4, 0.5) is 0 Å². The molecule has 2 rings (SSSR count). The standard InChI is InChI=1S/C14H17N3O4/c1-19-9-12(18)15-8-7-13-16-14(17-21-13)10-5-3-4-6-11(10)20-2/h3-6H,7-9H2,1-2H3,(H,15,18). The van der Waals surface area contributed by atoms with Crippen molar-refractivity contribution in [3.8, 4) is 17.1 Å². The zero-order chi connectivity index (χ0) is 15.1. The van der Waals surface area contributed by atoms with Gasteiger partial charge in [-0.25, -0.2) is 0 Å². The molecule has 0 radical (unpaired) electrons. The summed E-state index contributed by atoms with van der Waals surface area (Å²) < 4.78 is 15.1. The highest BCUT2D eigenvalue weighted by molar-refractivity contribution is 5.77. The van der Waals surface area contributed by atoms with Gasteiger partial charge in [0, 0.05) is 20.1 Å². The van der Waals surface area contributed by atoms with Crippen LogP contribution in [0, 0.1) is 0 Å². The number of amides is 1. The molecule has 0 fully saturated rings. The fourth-order valence-corrected chi connectivity index (χ4v) is 1.79. The molecule has 112 valence electrons. The predicted octanol–water partition coefficient (Wildman–Crippen LogP) is 1.05. The van der Waals surface area contributed by atoms with E-state index >= 15 is 0 Å². The topological polar surface area (TPSA) is 86.5 Å². The maximum absolute atomic E-state index is 11.2. The molecule has 0 aliphatic rings. The molecule has 1 amide bonds. The first-order valence-corrected chi connectivity index (χ1v) is 6.46. The van der Waals surface area contributed by atoms with Crippen LogP contribution in [0.15, 0.2) is 28.8 Å². The molecule has 0 atom stereocenters. The Labute approximate surface area is 122 Å². The Balaban J connectivity index is 1.97. The molecule has 7 nitrogen and oxygen atoms in total. The second kappa shape index (κ2) is 7.39. The second-order valence-electron chi connectivity index (χ2n) is 4.24. The van der Waals surface area contributed by atoms with Gasteiger partial charge < -0.3 is 19.3 Å². The summed E-state index contributed by atoms with van der Waals surface area (Å²) in [6.45, 7) is 0.450.